The van der Waals surface area contributed by atoms with Crippen LogP contribution in [-0.2, 0) is 26.1 Å². The number of H-pyrrole nitrogens is 1. The molecule has 1 saturated heterocycles. The van der Waals surface area contributed by atoms with Crippen LogP contribution in [0.2, 0.25) is 0 Å². The second-order valence-corrected chi connectivity index (χ2v) is 11.8. The highest BCUT2D eigenvalue weighted by Crippen LogP contribution is 2.70. The highest BCUT2D eigenvalue weighted by Gasteiger charge is 2.71. The number of benzene rings is 1. The van der Waals surface area contributed by atoms with Gasteiger partial charge in [0.1, 0.15) is 5.60 Å². The Labute approximate surface area is 188 Å². The van der Waals surface area contributed by atoms with Gasteiger partial charge in [-0.3, -0.25) is 4.79 Å². The van der Waals surface area contributed by atoms with Crippen LogP contribution in [-0.4, -0.2) is 39.5 Å². The molecule has 7 atom stereocenters. The fraction of sp³-hybridized carbons (Fsp3) is 0.593. The van der Waals surface area contributed by atoms with Crippen LogP contribution in [0.3, 0.4) is 0 Å². The van der Waals surface area contributed by atoms with E-state index in [1.807, 2.05) is 13.8 Å². The number of carbonyl (C=O) groups is 1. The smallest absolute Gasteiger partial charge is 0.193 e. The van der Waals surface area contributed by atoms with Gasteiger partial charge in [0.15, 0.2) is 17.7 Å². The van der Waals surface area contributed by atoms with E-state index in [4.69, 9.17) is 9.47 Å². The maximum atomic E-state index is 13.1. The van der Waals surface area contributed by atoms with Gasteiger partial charge in [-0.25, -0.2) is 0 Å². The molecule has 4 unspecified atom stereocenters. The summed E-state index contributed by atoms with van der Waals surface area (Å²) in [5, 5.41) is 12.9. The van der Waals surface area contributed by atoms with Crippen molar-refractivity contribution in [2.75, 3.05) is 0 Å². The van der Waals surface area contributed by atoms with Crippen molar-refractivity contribution in [3.8, 4) is 0 Å². The molecule has 2 saturated carbocycles. The maximum absolute atomic E-state index is 13.1. The predicted octanol–water partition coefficient (Wildman–Crippen LogP) is 4.18. The van der Waals surface area contributed by atoms with Crippen LogP contribution in [0.4, 0.5) is 0 Å². The summed E-state index contributed by atoms with van der Waals surface area (Å²) in [6.45, 7) is 8.61. The molecule has 1 aromatic carbocycles. The Kier molecular flexibility index (Phi) is 3.40. The highest BCUT2D eigenvalue weighted by molar-refractivity contribution is 5.97. The molecule has 32 heavy (non-hydrogen) atoms. The topological polar surface area (TPSA) is 71.6 Å². The van der Waals surface area contributed by atoms with Crippen LogP contribution in [0.15, 0.2) is 35.9 Å². The van der Waals surface area contributed by atoms with E-state index in [9.17, 15) is 9.90 Å². The number of para-hydroxylation sites is 1. The minimum absolute atomic E-state index is 0.0282. The van der Waals surface area contributed by atoms with Crippen LogP contribution < -0.4 is 0 Å². The van der Waals surface area contributed by atoms with E-state index < -0.39 is 23.6 Å². The third kappa shape index (κ3) is 1.97. The van der Waals surface area contributed by atoms with Crippen molar-refractivity contribution in [1.82, 2.24) is 4.98 Å². The van der Waals surface area contributed by atoms with Crippen molar-refractivity contribution >= 4 is 16.7 Å². The summed E-state index contributed by atoms with van der Waals surface area (Å²) in [6, 6.07) is 8.56. The zero-order valence-corrected chi connectivity index (χ0v) is 19.2. The molecule has 2 N–H and O–H groups in total. The minimum atomic E-state index is -0.877. The number of hydrogen-bond donors (Lipinski definition) is 2. The fourth-order valence-electron chi connectivity index (χ4n) is 8.43. The van der Waals surface area contributed by atoms with Crippen LogP contribution in [0.5, 0.6) is 0 Å². The summed E-state index contributed by atoms with van der Waals surface area (Å²) in [5.41, 5.74) is 3.79. The number of rotatable bonds is 0. The molecule has 0 amide bonds. The summed E-state index contributed by atoms with van der Waals surface area (Å²) in [4.78, 5) is 16.8. The van der Waals surface area contributed by atoms with Crippen LogP contribution >= 0.6 is 0 Å². The lowest BCUT2D eigenvalue weighted by Crippen LogP contribution is -2.64. The Hall–Kier alpha value is -1.95. The summed E-state index contributed by atoms with van der Waals surface area (Å²) in [7, 11) is 0. The molecule has 5 nitrogen and oxygen atoms in total. The maximum Gasteiger partial charge on any atom is 0.193 e. The molecule has 3 aliphatic carbocycles. The standard InChI is InChI=1S/C27H31NO4/c1-24(2)23-20(30)13-17-21-19(29)12-14-11-16-15-7-5-6-8-18(15)28-22(16)26(14,4)25(21,3)9-10-27(17,31-23)32-24/h5-8,13-14,19,21,23,28-29H,9-12H2,1-4H3/t14?,19-,21?,23?,25?,26+,27-/m0/s1. The Morgan fingerprint density at radius 3 is 2.72 bits per heavy atom. The van der Waals surface area contributed by atoms with Gasteiger partial charge in [-0.2, -0.15) is 0 Å². The molecular weight excluding hydrogens is 402 g/mol. The first-order valence-corrected chi connectivity index (χ1v) is 12.0. The first-order valence-electron chi connectivity index (χ1n) is 12.0. The summed E-state index contributed by atoms with van der Waals surface area (Å²) in [5.74, 6) is -0.709. The third-order valence-electron chi connectivity index (χ3n) is 10.1. The van der Waals surface area contributed by atoms with Gasteiger partial charge >= 0.3 is 0 Å². The Bertz CT molecular complexity index is 1230. The van der Waals surface area contributed by atoms with Crippen LogP contribution in [0.1, 0.15) is 58.2 Å². The lowest BCUT2D eigenvalue weighted by Gasteiger charge is -2.63. The molecule has 1 aromatic heterocycles. The molecule has 3 heterocycles. The second-order valence-electron chi connectivity index (χ2n) is 11.8. The zero-order valence-electron chi connectivity index (χ0n) is 19.2. The SMILES string of the molecule is CC1(C)O[C@@]23CCC4(C)C(C2=CC(=O)C1O3)[C@@H](O)CC1Cc2c([nH]c3ccccc23)[C@@]14C. The Balaban J connectivity index is 1.42. The van der Waals surface area contributed by atoms with E-state index in [0.29, 0.717) is 12.3 Å². The molecule has 3 fully saturated rings. The molecule has 2 aromatic rings. The van der Waals surface area contributed by atoms with E-state index in [-0.39, 0.29) is 22.5 Å². The van der Waals surface area contributed by atoms with Gasteiger partial charge in [-0.1, -0.05) is 32.0 Å². The number of aliphatic hydroxyl groups excluding tert-OH is 1. The summed E-state index contributed by atoms with van der Waals surface area (Å²) < 4.78 is 12.9. The number of carbonyl (C=O) groups excluding carboxylic acids is 1. The summed E-state index contributed by atoms with van der Waals surface area (Å²) in [6.07, 6.45) is 4.00. The van der Waals surface area contributed by atoms with E-state index in [1.165, 1.54) is 22.2 Å². The van der Waals surface area contributed by atoms with E-state index >= 15 is 0 Å². The van der Waals surface area contributed by atoms with Gasteiger partial charge in [-0.15, -0.1) is 0 Å². The Morgan fingerprint density at radius 1 is 1.12 bits per heavy atom. The van der Waals surface area contributed by atoms with Crippen molar-refractivity contribution in [2.45, 2.75) is 82.4 Å². The van der Waals surface area contributed by atoms with Gasteiger partial charge in [0.25, 0.3) is 0 Å². The van der Waals surface area contributed by atoms with Crippen molar-refractivity contribution in [2.24, 2.45) is 17.3 Å². The van der Waals surface area contributed by atoms with E-state index in [0.717, 1.165) is 24.8 Å². The lowest BCUT2D eigenvalue weighted by atomic mass is 9.43. The number of aromatic amines is 1. The summed E-state index contributed by atoms with van der Waals surface area (Å²) >= 11 is 0. The molecule has 7 rings (SSSR count). The van der Waals surface area contributed by atoms with Crippen molar-refractivity contribution in [1.29, 1.82) is 0 Å². The lowest BCUT2D eigenvalue weighted by molar-refractivity contribution is -0.218. The zero-order chi connectivity index (χ0) is 22.3. The minimum Gasteiger partial charge on any atom is -0.392 e. The van der Waals surface area contributed by atoms with Gasteiger partial charge in [0.2, 0.25) is 0 Å². The number of aromatic nitrogens is 1. The molecular formula is C27H31NO4. The second kappa shape index (κ2) is 5.57. The highest BCUT2D eigenvalue weighted by atomic mass is 16.8. The quantitative estimate of drug-likeness (QED) is 0.654. The molecule has 5 aliphatic rings. The average molecular weight is 434 g/mol. The van der Waals surface area contributed by atoms with E-state index in [2.05, 4.69) is 43.1 Å². The largest absolute Gasteiger partial charge is 0.392 e. The first kappa shape index (κ1) is 19.5. The molecule has 5 heteroatoms. The monoisotopic (exact) mass is 433 g/mol. The number of ether oxygens (including phenoxy) is 2. The van der Waals surface area contributed by atoms with Crippen molar-refractivity contribution < 1.29 is 19.4 Å². The number of fused-ring (bicyclic) bond motifs is 9. The van der Waals surface area contributed by atoms with E-state index in [1.54, 1.807) is 6.08 Å². The van der Waals surface area contributed by atoms with Gasteiger partial charge in [0, 0.05) is 34.4 Å². The normalized spacial score (nSPS) is 45.8. The van der Waals surface area contributed by atoms with Crippen LogP contribution in [0, 0.1) is 17.3 Å². The first-order chi connectivity index (χ1) is 15.1. The van der Waals surface area contributed by atoms with Gasteiger partial charge in [0.05, 0.1) is 6.10 Å². The predicted molar refractivity (Wildman–Crippen MR) is 120 cm³/mol. The number of aliphatic hydroxyl groups is 1. The van der Waals surface area contributed by atoms with Crippen molar-refractivity contribution in [3.05, 3.63) is 47.2 Å². The molecule has 168 valence electrons. The average Bonchev–Trinajstić information content (AvgIpc) is 3.31. The number of nitrogens with one attached hydrogen (secondary N) is 1. The number of hydrogen-bond acceptors (Lipinski definition) is 4. The van der Waals surface area contributed by atoms with Gasteiger partial charge in [-0.05, 0) is 67.7 Å². The van der Waals surface area contributed by atoms with Gasteiger partial charge < -0.3 is 19.6 Å². The van der Waals surface area contributed by atoms with Crippen molar-refractivity contribution in [3.63, 3.8) is 0 Å². The fourth-order valence-corrected chi connectivity index (χ4v) is 8.43. The molecule has 2 aliphatic heterocycles. The number of ketones is 1. The Morgan fingerprint density at radius 2 is 1.91 bits per heavy atom. The molecule has 0 radical (unpaired) electrons. The molecule has 2 bridgehead atoms. The molecule has 1 spiro atoms. The van der Waals surface area contributed by atoms with Crippen LogP contribution in [0.25, 0.3) is 10.9 Å². The third-order valence-corrected chi connectivity index (χ3v) is 10.1.